The van der Waals surface area contributed by atoms with Gasteiger partial charge >= 0.3 is 0 Å². The van der Waals surface area contributed by atoms with Crippen molar-refractivity contribution in [2.45, 2.75) is 26.2 Å². The van der Waals surface area contributed by atoms with Gasteiger partial charge in [0.15, 0.2) is 5.96 Å². The highest BCUT2D eigenvalue weighted by molar-refractivity contribution is 14.0. The van der Waals surface area contributed by atoms with Gasteiger partial charge in [0.25, 0.3) is 0 Å². The molecule has 132 valence electrons. The molecule has 0 aliphatic heterocycles. The van der Waals surface area contributed by atoms with Crippen LogP contribution in [-0.4, -0.2) is 30.6 Å². The molecule has 0 bridgehead atoms. The third-order valence-electron chi connectivity index (χ3n) is 3.23. The van der Waals surface area contributed by atoms with Crippen LogP contribution in [0, 0.1) is 0 Å². The first-order valence-corrected chi connectivity index (χ1v) is 8.30. The number of hydrogen-bond acceptors (Lipinski definition) is 3. The van der Waals surface area contributed by atoms with Crippen LogP contribution in [0.3, 0.4) is 0 Å². The van der Waals surface area contributed by atoms with Crippen LogP contribution in [0.25, 0.3) is 0 Å². The fourth-order valence-electron chi connectivity index (χ4n) is 2.04. The van der Waals surface area contributed by atoms with E-state index in [1.165, 1.54) is 0 Å². The molecule has 0 amide bonds. The Balaban J connectivity index is 0.00000288. The van der Waals surface area contributed by atoms with Gasteiger partial charge in [-0.3, -0.25) is 4.99 Å². The zero-order valence-electron chi connectivity index (χ0n) is 13.8. The number of aromatic nitrogens is 1. The van der Waals surface area contributed by atoms with E-state index in [1.54, 1.807) is 12.5 Å². The monoisotopic (exact) mass is 462 g/mol. The van der Waals surface area contributed by atoms with Crippen LogP contribution >= 0.6 is 35.6 Å². The Morgan fingerprint density at radius 2 is 2.00 bits per heavy atom. The average molecular weight is 463 g/mol. The first-order valence-electron chi connectivity index (χ1n) is 7.93. The highest BCUT2D eigenvalue weighted by Crippen LogP contribution is 2.05. The second kappa shape index (κ2) is 12.1. The van der Waals surface area contributed by atoms with Crippen LogP contribution < -0.4 is 10.6 Å². The van der Waals surface area contributed by atoms with Gasteiger partial charge in [-0.15, -0.1) is 24.0 Å². The molecule has 0 radical (unpaired) electrons. The van der Waals surface area contributed by atoms with Crippen molar-refractivity contribution in [2.75, 3.05) is 19.6 Å². The molecule has 0 spiro atoms. The third-order valence-corrected chi connectivity index (χ3v) is 3.46. The van der Waals surface area contributed by atoms with Crippen molar-refractivity contribution in [2.24, 2.45) is 4.99 Å². The zero-order valence-corrected chi connectivity index (χ0v) is 16.9. The Bertz CT molecular complexity index is 587. The molecule has 0 fully saturated rings. The van der Waals surface area contributed by atoms with E-state index in [4.69, 9.17) is 16.0 Å². The van der Waals surface area contributed by atoms with Crippen LogP contribution in [0.5, 0.6) is 0 Å². The normalized spacial score (nSPS) is 11.0. The van der Waals surface area contributed by atoms with Crippen LogP contribution in [0.4, 0.5) is 0 Å². The minimum Gasteiger partial charge on any atom is -0.469 e. The molecule has 2 aromatic heterocycles. The second-order valence-corrected chi connectivity index (χ2v) is 5.54. The predicted molar refractivity (Wildman–Crippen MR) is 109 cm³/mol. The molecule has 7 heteroatoms. The summed E-state index contributed by atoms with van der Waals surface area (Å²) < 4.78 is 5.33. The van der Waals surface area contributed by atoms with E-state index in [-0.39, 0.29) is 24.0 Å². The highest BCUT2D eigenvalue weighted by atomic mass is 127. The minimum absolute atomic E-state index is 0. The van der Waals surface area contributed by atoms with Gasteiger partial charge in [-0.1, -0.05) is 24.6 Å². The lowest BCUT2D eigenvalue weighted by molar-refractivity contribution is 0.506. The van der Waals surface area contributed by atoms with Crippen molar-refractivity contribution in [1.29, 1.82) is 0 Å². The maximum Gasteiger partial charge on any atom is 0.191 e. The number of nitrogens with one attached hydrogen (secondary N) is 2. The number of halogens is 2. The number of guanidine groups is 1. The fraction of sp³-hybridized carbons (Fsp3) is 0.412. The van der Waals surface area contributed by atoms with Crippen molar-refractivity contribution < 1.29 is 4.42 Å². The lowest BCUT2D eigenvalue weighted by Crippen LogP contribution is -2.39. The SMILES string of the molecule is CCCN=C(NCCc1ccc(Cl)nc1)NCCc1ccco1.I. The van der Waals surface area contributed by atoms with E-state index in [0.29, 0.717) is 5.15 Å². The predicted octanol–water partition coefficient (Wildman–Crippen LogP) is 3.68. The molecular formula is C17H24ClIN4O. The highest BCUT2D eigenvalue weighted by Gasteiger charge is 2.01. The molecule has 0 unspecified atom stereocenters. The first kappa shape index (κ1) is 20.8. The van der Waals surface area contributed by atoms with Gasteiger partial charge in [0, 0.05) is 32.3 Å². The van der Waals surface area contributed by atoms with Crippen LogP contribution in [0.15, 0.2) is 46.1 Å². The summed E-state index contributed by atoms with van der Waals surface area (Å²) in [5.74, 6) is 1.81. The number of furan rings is 1. The van der Waals surface area contributed by atoms with Gasteiger partial charge in [0.1, 0.15) is 10.9 Å². The van der Waals surface area contributed by atoms with E-state index in [2.05, 4.69) is 27.5 Å². The topological polar surface area (TPSA) is 62.5 Å². The molecular weight excluding hydrogens is 439 g/mol. The Morgan fingerprint density at radius 3 is 2.62 bits per heavy atom. The Labute approximate surface area is 165 Å². The molecule has 2 N–H and O–H groups in total. The van der Waals surface area contributed by atoms with E-state index < -0.39 is 0 Å². The van der Waals surface area contributed by atoms with Crippen LogP contribution in [0.2, 0.25) is 5.15 Å². The molecule has 2 heterocycles. The van der Waals surface area contributed by atoms with Crippen molar-refractivity contribution in [3.05, 3.63) is 53.2 Å². The van der Waals surface area contributed by atoms with Gasteiger partial charge in [0.2, 0.25) is 0 Å². The van der Waals surface area contributed by atoms with Crippen LogP contribution in [-0.2, 0) is 12.8 Å². The molecule has 0 atom stereocenters. The van der Waals surface area contributed by atoms with Crippen molar-refractivity contribution in [1.82, 2.24) is 15.6 Å². The second-order valence-electron chi connectivity index (χ2n) is 5.15. The third kappa shape index (κ3) is 8.01. The standard InChI is InChI=1S/C17H23ClN4O.HI/c1-2-9-19-17(21-11-8-15-4-3-12-23-15)20-10-7-14-5-6-16(18)22-13-14;/h3-6,12-13H,2,7-11H2,1H3,(H2,19,20,21);1H. The van der Waals surface area contributed by atoms with Crippen molar-refractivity contribution >= 4 is 41.5 Å². The van der Waals surface area contributed by atoms with Gasteiger partial charge in [0.05, 0.1) is 6.26 Å². The zero-order chi connectivity index (χ0) is 16.3. The summed E-state index contributed by atoms with van der Waals surface area (Å²) in [5.41, 5.74) is 1.15. The fourth-order valence-corrected chi connectivity index (χ4v) is 2.15. The largest absolute Gasteiger partial charge is 0.469 e. The molecule has 0 saturated heterocycles. The lowest BCUT2D eigenvalue weighted by Gasteiger charge is -2.12. The molecule has 0 saturated carbocycles. The van der Waals surface area contributed by atoms with Crippen LogP contribution in [0.1, 0.15) is 24.7 Å². The summed E-state index contributed by atoms with van der Waals surface area (Å²) in [4.78, 5) is 8.62. The molecule has 2 rings (SSSR count). The summed E-state index contributed by atoms with van der Waals surface area (Å²) in [6, 6.07) is 7.68. The summed E-state index contributed by atoms with van der Waals surface area (Å²) in [6.07, 6.45) is 6.22. The number of pyridine rings is 1. The molecule has 24 heavy (non-hydrogen) atoms. The average Bonchev–Trinajstić information content (AvgIpc) is 3.07. The maximum absolute atomic E-state index is 5.79. The number of nitrogens with zero attached hydrogens (tertiary/aromatic N) is 2. The summed E-state index contributed by atoms with van der Waals surface area (Å²) >= 11 is 5.79. The van der Waals surface area contributed by atoms with Gasteiger partial charge < -0.3 is 15.1 Å². The molecule has 5 nitrogen and oxygen atoms in total. The van der Waals surface area contributed by atoms with E-state index in [0.717, 1.165) is 56.2 Å². The first-order chi connectivity index (χ1) is 11.3. The smallest absolute Gasteiger partial charge is 0.191 e. The quantitative estimate of drug-likeness (QED) is 0.272. The van der Waals surface area contributed by atoms with Crippen molar-refractivity contribution in [3.8, 4) is 0 Å². The minimum atomic E-state index is 0. The molecule has 0 aliphatic carbocycles. The maximum atomic E-state index is 5.79. The summed E-state index contributed by atoms with van der Waals surface area (Å²) in [7, 11) is 0. The number of aliphatic imine (C=N–C) groups is 1. The van der Waals surface area contributed by atoms with Crippen molar-refractivity contribution in [3.63, 3.8) is 0 Å². The Hall–Kier alpha value is -1.28. The Morgan fingerprint density at radius 1 is 1.21 bits per heavy atom. The van der Waals surface area contributed by atoms with Gasteiger partial charge in [-0.2, -0.15) is 0 Å². The number of hydrogen-bond donors (Lipinski definition) is 2. The molecule has 0 aromatic carbocycles. The van der Waals surface area contributed by atoms with E-state index in [9.17, 15) is 0 Å². The van der Waals surface area contributed by atoms with E-state index >= 15 is 0 Å². The van der Waals surface area contributed by atoms with Gasteiger partial charge in [-0.25, -0.2) is 4.98 Å². The lowest BCUT2D eigenvalue weighted by atomic mass is 10.2. The van der Waals surface area contributed by atoms with Gasteiger partial charge in [-0.05, 0) is 36.6 Å². The Kier molecular flexibility index (Phi) is 10.5. The summed E-state index contributed by atoms with van der Waals surface area (Å²) in [5, 5.41) is 7.20. The van der Waals surface area contributed by atoms with E-state index in [1.807, 2.05) is 24.3 Å². The summed E-state index contributed by atoms with van der Waals surface area (Å²) in [6.45, 7) is 4.49. The number of rotatable bonds is 8. The molecule has 0 aliphatic rings. The molecule has 2 aromatic rings.